The zero-order valence-electron chi connectivity index (χ0n) is 15.3. The minimum absolute atomic E-state index is 0.0106. The third-order valence-electron chi connectivity index (χ3n) is 4.58. The number of nitrogens with zero attached hydrogens (tertiary/aromatic N) is 3. The second kappa shape index (κ2) is 8.63. The normalized spacial score (nSPS) is 13.9. The maximum Gasteiger partial charge on any atom is 0.269 e. The Morgan fingerprint density at radius 2 is 1.59 bits per heavy atom. The van der Waals surface area contributed by atoms with E-state index in [9.17, 15) is 28.5 Å². The lowest BCUT2D eigenvalue weighted by Crippen LogP contribution is -2.51. The number of nitro groups is 1. The first kappa shape index (κ1) is 20.2. The van der Waals surface area contributed by atoms with E-state index in [1.54, 1.807) is 17.0 Å². The summed E-state index contributed by atoms with van der Waals surface area (Å²) in [7, 11) is 0. The van der Waals surface area contributed by atoms with Gasteiger partial charge in [-0.2, -0.15) is 0 Å². The molecule has 0 spiro atoms. The summed E-state index contributed by atoms with van der Waals surface area (Å²) in [6.45, 7) is 1.62. The standard InChI is InChI=1S/C19H18F2N4O4/c20-14-9-13(10-15(21)11-14)19(27)22-12-18(26)24-7-5-23(6-8-24)16-1-3-17(4-2-16)25(28)29/h1-4,9-11H,5-8,12H2,(H,22,27). The summed E-state index contributed by atoms with van der Waals surface area (Å²) in [5.41, 5.74) is 0.638. The molecule has 1 aliphatic rings. The number of carbonyl (C=O) groups is 2. The number of amides is 2. The van der Waals surface area contributed by atoms with Crippen LogP contribution in [-0.4, -0.2) is 54.4 Å². The smallest absolute Gasteiger partial charge is 0.269 e. The Kier molecular flexibility index (Phi) is 6.01. The first-order chi connectivity index (χ1) is 13.8. The number of halogens is 2. The molecule has 8 nitrogen and oxygen atoms in total. The second-order valence-electron chi connectivity index (χ2n) is 6.48. The van der Waals surface area contributed by atoms with Crippen molar-refractivity contribution in [3.05, 3.63) is 69.8 Å². The highest BCUT2D eigenvalue weighted by atomic mass is 19.1. The molecular weight excluding hydrogens is 386 g/mol. The van der Waals surface area contributed by atoms with Crippen LogP contribution < -0.4 is 10.2 Å². The van der Waals surface area contributed by atoms with E-state index in [1.807, 2.05) is 4.90 Å². The molecule has 0 saturated carbocycles. The molecule has 0 aromatic heterocycles. The molecule has 1 N–H and O–H groups in total. The van der Waals surface area contributed by atoms with E-state index in [2.05, 4.69) is 5.32 Å². The van der Waals surface area contributed by atoms with Crippen molar-refractivity contribution in [2.24, 2.45) is 0 Å². The fraction of sp³-hybridized carbons (Fsp3) is 0.263. The molecule has 1 saturated heterocycles. The summed E-state index contributed by atoms with van der Waals surface area (Å²) in [4.78, 5) is 38.1. The lowest BCUT2D eigenvalue weighted by molar-refractivity contribution is -0.384. The van der Waals surface area contributed by atoms with Gasteiger partial charge in [-0.05, 0) is 24.3 Å². The van der Waals surface area contributed by atoms with Crippen LogP contribution in [0.25, 0.3) is 0 Å². The number of anilines is 1. The van der Waals surface area contributed by atoms with E-state index in [-0.39, 0.29) is 23.7 Å². The van der Waals surface area contributed by atoms with Gasteiger partial charge in [0.05, 0.1) is 11.5 Å². The molecule has 2 aromatic carbocycles. The highest BCUT2D eigenvalue weighted by molar-refractivity contribution is 5.96. The molecule has 0 atom stereocenters. The number of benzene rings is 2. The predicted molar refractivity (Wildman–Crippen MR) is 101 cm³/mol. The third-order valence-corrected chi connectivity index (χ3v) is 4.58. The molecule has 2 aromatic rings. The number of rotatable bonds is 5. The van der Waals surface area contributed by atoms with Crippen LogP contribution in [0.3, 0.4) is 0 Å². The molecule has 0 bridgehead atoms. The quantitative estimate of drug-likeness (QED) is 0.607. The first-order valence-electron chi connectivity index (χ1n) is 8.85. The lowest BCUT2D eigenvalue weighted by Gasteiger charge is -2.36. The molecule has 0 unspecified atom stereocenters. The van der Waals surface area contributed by atoms with Gasteiger partial charge in [0.25, 0.3) is 11.6 Å². The third kappa shape index (κ3) is 5.03. The van der Waals surface area contributed by atoms with Crippen molar-refractivity contribution >= 4 is 23.2 Å². The molecule has 152 valence electrons. The SMILES string of the molecule is O=C(NCC(=O)N1CCN(c2ccc([N+](=O)[O-])cc2)CC1)c1cc(F)cc(F)c1. The zero-order chi connectivity index (χ0) is 21.0. The molecule has 1 heterocycles. The number of carbonyl (C=O) groups excluding carboxylic acids is 2. The van der Waals surface area contributed by atoms with E-state index in [0.29, 0.717) is 32.2 Å². The van der Waals surface area contributed by atoms with Crippen molar-refractivity contribution < 1.29 is 23.3 Å². The Balaban J connectivity index is 1.49. The number of non-ortho nitro benzene ring substituents is 1. The van der Waals surface area contributed by atoms with Gasteiger partial charge in [-0.25, -0.2) is 8.78 Å². The van der Waals surface area contributed by atoms with Gasteiger partial charge < -0.3 is 15.1 Å². The Labute approximate surface area is 164 Å². The molecule has 29 heavy (non-hydrogen) atoms. The van der Waals surface area contributed by atoms with Crippen molar-refractivity contribution in [3.63, 3.8) is 0 Å². The van der Waals surface area contributed by atoms with Crippen LogP contribution in [0.2, 0.25) is 0 Å². The van der Waals surface area contributed by atoms with Gasteiger partial charge in [-0.3, -0.25) is 19.7 Å². The van der Waals surface area contributed by atoms with Gasteiger partial charge in [0.2, 0.25) is 5.91 Å². The lowest BCUT2D eigenvalue weighted by atomic mass is 10.2. The van der Waals surface area contributed by atoms with Crippen molar-refractivity contribution in [1.29, 1.82) is 0 Å². The molecule has 0 aliphatic carbocycles. The fourth-order valence-corrected chi connectivity index (χ4v) is 3.05. The molecular formula is C19H18F2N4O4. The first-order valence-corrected chi connectivity index (χ1v) is 8.85. The Morgan fingerprint density at radius 1 is 1.00 bits per heavy atom. The average molecular weight is 404 g/mol. The summed E-state index contributed by atoms with van der Waals surface area (Å²) in [6.07, 6.45) is 0. The van der Waals surface area contributed by atoms with Gasteiger partial charge in [-0.15, -0.1) is 0 Å². The van der Waals surface area contributed by atoms with E-state index < -0.39 is 22.5 Å². The van der Waals surface area contributed by atoms with Crippen LogP contribution in [0.15, 0.2) is 42.5 Å². The molecule has 1 aliphatic heterocycles. The molecule has 0 radical (unpaired) electrons. The summed E-state index contributed by atoms with van der Waals surface area (Å²) in [5.74, 6) is -2.78. The average Bonchev–Trinajstić information content (AvgIpc) is 2.71. The molecule has 10 heteroatoms. The van der Waals surface area contributed by atoms with Crippen LogP contribution in [-0.2, 0) is 4.79 Å². The van der Waals surface area contributed by atoms with Gasteiger partial charge in [0, 0.05) is 55.6 Å². The number of nitro benzene ring substituents is 1. The van der Waals surface area contributed by atoms with Crippen LogP contribution in [0.5, 0.6) is 0 Å². The second-order valence-corrected chi connectivity index (χ2v) is 6.48. The largest absolute Gasteiger partial charge is 0.368 e. The van der Waals surface area contributed by atoms with E-state index in [0.717, 1.165) is 17.8 Å². The maximum absolute atomic E-state index is 13.2. The Bertz CT molecular complexity index is 908. The van der Waals surface area contributed by atoms with E-state index in [1.165, 1.54) is 12.1 Å². The number of piperazine rings is 1. The minimum atomic E-state index is -0.871. The highest BCUT2D eigenvalue weighted by Gasteiger charge is 2.22. The van der Waals surface area contributed by atoms with E-state index >= 15 is 0 Å². The van der Waals surface area contributed by atoms with Gasteiger partial charge in [-0.1, -0.05) is 0 Å². The monoisotopic (exact) mass is 404 g/mol. The Morgan fingerprint density at radius 3 is 2.14 bits per heavy atom. The van der Waals surface area contributed by atoms with Gasteiger partial charge in [0.15, 0.2) is 0 Å². The van der Waals surface area contributed by atoms with Crippen LogP contribution >= 0.6 is 0 Å². The van der Waals surface area contributed by atoms with Crippen molar-refractivity contribution in [2.75, 3.05) is 37.6 Å². The number of nitrogens with one attached hydrogen (secondary N) is 1. The Hall–Kier alpha value is -3.56. The molecule has 3 rings (SSSR count). The van der Waals surface area contributed by atoms with Crippen LogP contribution in [0.4, 0.5) is 20.2 Å². The maximum atomic E-state index is 13.2. The summed E-state index contributed by atoms with van der Waals surface area (Å²) in [6, 6.07) is 8.63. The number of hydrogen-bond acceptors (Lipinski definition) is 5. The van der Waals surface area contributed by atoms with Gasteiger partial charge >= 0.3 is 0 Å². The van der Waals surface area contributed by atoms with Crippen LogP contribution in [0, 0.1) is 21.7 Å². The van der Waals surface area contributed by atoms with E-state index in [4.69, 9.17) is 0 Å². The predicted octanol–water partition coefficient (Wildman–Crippen LogP) is 1.95. The van der Waals surface area contributed by atoms with Crippen molar-refractivity contribution in [2.45, 2.75) is 0 Å². The summed E-state index contributed by atoms with van der Waals surface area (Å²) >= 11 is 0. The number of hydrogen-bond donors (Lipinski definition) is 1. The summed E-state index contributed by atoms with van der Waals surface area (Å²) in [5, 5.41) is 13.1. The van der Waals surface area contributed by atoms with Crippen LogP contribution in [0.1, 0.15) is 10.4 Å². The van der Waals surface area contributed by atoms with Crippen molar-refractivity contribution in [1.82, 2.24) is 10.2 Å². The molecule has 2 amide bonds. The fourth-order valence-electron chi connectivity index (χ4n) is 3.05. The molecule has 1 fully saturated rings. The highest BCUT2D eigenvalue weighted by Crippen LogP contribution is 2.20. The van der Waals surface area contributed by atoms with Crippen molar-refractivity contribution in [3.8, 4) is 0 Å². The van der Waals surface area contributed by atoms with Gasteiger partial charge in [0.1, 0.15) is 11.6 Å². The topological polar surface area (TPSA) is 95.8 Å². The minimum Gasteiger partial charge on any atom is -0.368 e. The zero-order valence-corrected chi connectivity index (χ0v) is 15.3. The summed E-state index contributed by atoms with van der Waals surface area (Å²) < 4.78 is 26.4.